The maximum absolute atomic E-state index is 9.14. The van der Waals surface area contributed by atoms with E-state index >= 15 is 0 Å². The van der Waals surface area contributed by atoms with Crippen LogP contribution in [-0.2, 0) is 0 Å². The van der Waals surface area contributed by atoms with E-state index in [0.717, 1.165) is 6.42 Å². The fourth-order valence-corrected chi connectivity index (χ4v) is 1.44. The molecule has 0 rings (SSSR count). The molecule has 0 bridgehead atoms. The predicted molar refractivity (Wildman–Crippen MR) is 63.3 cm³/mol. The molecule has 0 amide bonds. The van der Waals surface area contributed by atoms with Crippen molar-refractivity contribution in [3.63, 3.8) is 0 Å². The summed E-state index contributed by atoms with van der Waals surface area (Å²) < 4.78 is 0. The Hall–Kier alpha value is -0.0300. The maximum atomic E-state index is 9.14. The largest absolute Gasteiger partial charge is 0.512 e. The second-order valence-corrected chi connectivity index (χ2v) is 3.86. The summed E-state index contributed by atoms with van der Waals surface area (Å²) in [5.41, 5.74) is 0. The highest BCUT2D eigenvalue weighted by molar-refractivity contribution is 7.16. The van der Waals surface area contributed by atoms with Crippen molar-refractivity contribution in [2.45, 2.75) is 51.9 Å². The molecule has 0 aliphatic heterocycles. The molecule has 1 nitrogen and oxygen atoms in total. The summed E-state index contributed by atoms with van der Waals surface area (Å²) in [6.45, 7) is 2.24. The van der Waals surface area contributed by atoms with Gasteiger partial charge in [-0.25, -0.2) is 0 Å². The minimum atomic E-state index is 0.513. The van der Waals surface area contributed by atoms with Gasteiger partial charge in [0.2, 0.25) is 0 Å². The highest BCUT2D eigenvalue weighted by Gasteiger charge is 1.90. The number of aliphatic hydroxyl groups excluding tert-OH is 1. The van der Waals surface area contributed by atoms with Gasteiger partial charge in [-0.05, 0) is 18.9 Å². The van der Waals surface area contributed by atoms with Crippen molar-refractivity contribution >= 4 is 9.24 Å². The Balaban J connectivity index is 3.08. The van der Waals surface area contributed by atoms with Gasteiger partial charge in [-0.3, -0.25) is 0 Å². The lowest BCUT2D eigenvalue weighted by Crippen LogP contribution is -1.82. The Morgan fingerprint density at radius 1 is 1.15 bits per heavy atom. The lowest BCUT2D eigenvalue weighted by molar-refractivity contribution is 0.413. The standard InChI is InChI=1S/C11H23OP/c1-2-3-4-5-6-7-8-9-11(12)10-13/h9,12H,2-8,10,13H2,1H3. The van der Waals surface area contributed by atoms with E-state index in [-0.39, 0.29) is 0 Å². The molecule has 0 saturated carbocycles. The van der Waals surface area contributed by atoms with E-state index in [1.807, 2.05) is 6.08 Å². The lowest BCUT2D eigenvalue weighted by atomic mass is 10.1. The van der Waals surface area contributed by atoms with Crippen molar-refractivity contribution in [3.05, 3.63) is 11.8 Å². The molecule has 13 heavy (non-hydrogen) atoms. The van der Waals surface area contributed by atoms with Gasteiger partial charge in [0.15, 0.2) is 0 Å². The van der Waals surface area contributed by atoms with Crippen LogP contribution in [0.5, 0.6) is 0 Å². The summed E-state index contributed by atoms with van der Waals surface area (Å²) in [4.78, 5) is 0. The van der Waals surface area contributed by atoms with Crippen LogP contribution in [0, 0.1) is 0 Å². The van der Waals surface area contributed by atoms with Crippen molar-refractivity contribution in [2.75, 3.05) is 6.16 Å². The number of unbranched alkanes of at least 4 members (excludes halogenated alkanes) is 6. The van der Waals surface area contributed by atoms with E-state index in [0.29, 0.717) is 11.9 Å². The third-order valence-electron chi connectivity index (χ3n) is 2.15. The van der Waals surface area contributed by atoms with Gasteiger partial charge in [0.05, 0.1) is 5.76 Å². The first-order valence-corrected chi connectivity index (χ1v) is 6.21. The van der Waals surface area contributed by atoms with Gasteiger partial charge < -0.3 is 5.11 Å². The zero-order valence-electron chi connectivity index (χ0n) is 8.76. The fraction of sp³-hybridized carbons (Fsp3) is 0.818. The number of rotatable bonds is 8. The number of aliphatic hydroxyl groups is 1. The molecule has 0 radical (unpaired) electrons. The van der Waals surface area contributed by atoms with E-state index in [1.54, 1.807) is 0 Å². The molecule has 1 unspecified atom stereocenters. The molecule has 0 aromatic rings. The lowest BCUT2D eigenvalue weighted by Gasteiger charge is -1.98. The molecule has 0 heterocycles. The van der Waals surface area contributed by atoms with E-state index in [1.165, 1.54) is 38.5 Å². The minimum absolute atomic E-state index is 0.513. The molecule has 0 aromatic heterocycles. The molecular weight excluding hydrogens is 179 g/mol. The number of allylic oxidation sites excluding steroid dienone is 2. The summed E-state index contributed by atoms with van der Waals surface area (Å²) >= 11 is 0. The first kappa shape index (κ1) is 13.0. The third-order valence-corrected chi connectivity index (χ3v) is 2.57. The van der Waals surface area contributed by atoms with E-state index in [2.05, 4.69) is 16.2 Å². The molecule has 2 heteroatoms. The average Bonchev–Trinajstić information content (AvgIpc) is 2.16. The maximum Gasteiger partial charge on any atom is 0.0920 e. The summed E-state index contributed by atoms with van der Waals surface area (Å²) in [6.07, 6.45) is 11.6. The van der Waals surface area contributed by atoms with Gasteiger partial charge >= 0.3 is 0 Å². The summed E-state index contributed by atoms with van der Waals surface area (Å²) in [5, 5.41) is 9.14. The van der Waals surface area contributed by atoms with Gasteiger partial charge in [-0.15, -0.1) is 9.24 Å². The van der Waals surface area contributed by atoms with E-state index in [4.69, 9.17) is 5.11 Å². The van der Waals surface area contributed by atoms with Crippen LogP contribution in [0.1, 0.15) is 51.9 Å². The first-order chi connectivity index (χ1) is 6.31. The van der Waals surface area contributed by atoms with Crippen LogP contribution in [0.2, 0.25) is 0 Å². The van der Waals surface area contributed by atoms with Gasteiger partial charge in [0.1, 0.15) is 0 Å². The Bertz CT molecular complexity index is 132. The van der Waals surface area contributed by atoms with Gasteiger partial charge in [-0.1, -0.05) is 39.0 Å². The van der Waals surface area contributed by atoms with Gasteiger partial charge in [0, 0.05) is 6.16 Å². The smallest absolute Gasteiger partial charge is 0.0920 e. The van der Waals surface area contributed by atoms with Crippen molar-refractivity contribution < 1.29 is 5.11 Å². The zero-order valence-corrected chi connectivity index (χ0v) is 9.91. The average molecular weight is 202 g/mol. The summed E-state index contributed by atoms with van der Waals surface area (Å²) in [7, 11) is 2.52. The van der Waals surface area contributed by atoms with Crippen LogP contribution in [0.25, 0.3) is 0 Å². The molecule has 0 aliphatic carbocycles. The van der Waals surface area contributed by atoms with Crippen molar-refractivity contribution in [2.24, 2.45) is 0 Å². The monoisotopic (exact) mass is 202 g/mol. The minimum Gasteiger partial charge on any atom is -0.512 e. The number of hydrogen-bond donors (Lipinski definition) is 1. The molecule has 1 N–H and O–H groups in total. The molecule has 78 valence electrons. The van der Waals surface area contributed by atoms with Crippen LogP contribution in [0.4, 0.5) is 0 Å². The Morgan fingerprint density at radius 2 is 1.77 bits per heavy atom. The van der Waals surface area contributed by atoms with Crippen molar-refractivity contribution in [1.29, 1.82) is 0 Å². The second kappa shape index (κ2) is 10.1. The SMILES string of the molecule is CCCCCCCCC=C(O)CP. The Labute approximate surface area is 84.8 Å². The number of hydrogen-bond acceptors (Lipinski definition) is 1. The highest BCUT2D eigenvalue weighted by atomic mass is 31.0. The van der Waals surface area contributed by atoms with Crippen molar-refractivity contribution in [1.82, 2.24) is 0 Å². The quantitative estimate of drug-likeness (QED) is 0.357. The third kappa shape index (κ3) is 9.89. The van der Waals surface area contributed by atoms with Crippen LogP contribution in [-0.4, -0.2) is 11.3 Å². The molecule has 1 atom stereocenters. The van der Waals surface area contributed by atoms with Crippen LogP contribution < -0.4 is 0 Å². The predicted octanol–water partition coefficient (Wildman–Crippen LogP) is 4.05. The Morgan fingerprint density at radius 3 is 2.38 bits per heavy atom. The molecule has 0 spiro atoms. The second-order valence-electron chi connectivity index (χ2n) is 3.46. The molecule has 0 aromatic carbocycles. The highest BCUT2D eigenvalue weighted by Crippen LogP contribution is 2.08. The van der Waals surface area contributed by atoms with Crippen LogP contribution in [0.15, 0.2) is 11.8 Å². The van der Waals surface area contributed by atoms with Gasteiger partial charge in [0.25, 0.3) is 0 Å². The topological polar surface area (TPSA) is 20.2 Å². The van der Waals surface area contributed by atoms with Crippen molar-refractivity contribution in [3.8, 4) is 0 Å². The fourth-order valence-electron chi connectivity index (χ4n) is 1.28. The first-order valence-electron chi connectivity index (χ1n) is 5.39. The van der Waals surface area contributed by atoms with Crippen LogP contribution in [0.3, 0.4) is 0 Å². The summed E-state index contributed by atoms with van der Waals surface area (Å²) in [6, 6.07) is 0. The Kier molecular flexibility index (Phi) is 10.0. The molecular formula is C11H23OP. The van der Waals surface area contributed by atoms with Gasteiger partial charge in [-0.2, -0.15) is 0 Å². The van der Waals surface area contributed by atoms with E-state index < -0.39 is 0 Å². The molecule has 0 aliphatic rings. The van der Waals surface area contributed by atoms with Crippen LogP contribution >= 0.6 is 9.24 Å². The van der Waals surface area contributed by atoms with E-state index in [9.17, 15) is 0 Å². The molecule has 0 saturated heterocycles. The molecule has 0 fully saturated rings. The summed E-state index contributed by atoms with van der Waals surface area (Å²) in [5.74, 6) is 0.513. The normalized spacial score (nSPS) is 12.0. The zero-order chi connectivity index (χ0) is 9.94.